The standard InChI is InChI=1S/C29H23N3O3S/c1-31-17-19(16-30-31)18-8-9-26-24(14-18)22-6-3-5-21(29(22)36-26)20-4-2-7-23-25(33)15-27(35-28(20)23)32-10-12-34-13-11-32/h2-9,14-17H,10-13H2,1H3. The van der Waals surface area contributed by atoms with E-state index in [4.69, 9.17) is 9.15 Å². The lowest BCUT2D eigenvalue weighted by Crippen LogP contribution is -2.36. The monoisotopic (exact) mass is 493 g/mol. The van der Waals surface area contributed by atoms with Crippen LogP contribution in [0.3, 0.4) is 0 Å². The third-order valence-electron chi connectivity index (χ3n) is 6.89. The zero-order valence-electron chi connectivity index (χ0n) is 19.7. The van der Waals surface area contributed by atoms with Gasteiger partial charge in [-0.3, -0.25) is 9.48 Å². The molecule has 36 heavy (non-hydrogen) atoms. The quantitative estimate of drug-likeness (QED) is 0.300. The zero-order chi connectivity index (χ0) is 24.2. The SMILES string of the molecule is Cn1cc(-c2ccc3sc4c(-c5cccc6c(=O)cc(N7CCOCC7)oc56)cccc4c3c2)cn1. The van der Waals surface area contributed by atoms with Gasteiger partial charge in [-0.15, -0.1) is 11.3 Å². The Hall–Kier alpha value is -3.94. The molecule has 0 amide bonds. The van der Waals surface area contributed by atoms with E-state index in [1.807, 2.05) is 36.3 Å². The molecule has 3 aromatic carbocycles. The number of benzene rings is 3. The first-order valence-corrected chi connectivity index (χ1v) is 12.8. The Morgan fingerprint density at radius 2 is 1.69 bits per heavy atom. The molecule has 0 bridgehead atoms. The average Bonchev–Trinajstić information content (AvgIpc) is 3.52. The minimum Gasteiger partial charge on any atom is -0.440 e. The molecular formula is C29H23N3O3S. The van der Waals surface area contributed by atoms with Crippen molar-refractivity contribution in [1.29, 1.82) is 0 Å². The Morgan fingerprint density at radius 3 is 2.50 bits per heavy atom. The molecule has 0 radical (unpaired) electrons. The number of para-hydroxylation sites is 1. The van der Waals surface area contributed by atoms with E-state index in [9.17, 15) is 4.79 Å². The van der Waals surface area contributed by atoms with Crippen molar-refractivity contribution in [2.45, 2.75) is 0 Å². The van der Waals surface area contributed by atoms with Crippen molar-refractivity contribution in [1.82, 2.24) is 9.78 Å². The van der Waals surface area contributed by atoms with E-state index in [0.717, 1.165) is 22.3 Å². The highest BCUT2D eigenvalue weighted by atomic mass is 32.1. The van der Waals surface area contributed by atoms with Crippen LogP contribution in [-0.2, 0) is 11.8 Å². The summed E-state index contributed by atoms with van der Waals surface area (Å²) >= 11 is 1.77. The number of hydrogen-bond acceptors (Lipinski definition) is 6. The van der Waals surface area contributed by atoms with Crippen molar-refractivity contribution in [2.24, 2.45) is 7.05 Å². The van der Waals surface area contributed by atoms with Crippen LogP contribution >= 0.6 is 11.3 Å². The van der Waals surface area contributed by atoms with Gasteiger partial charge in [0.2, 0.25) is 0 Å². The molecular weight excluding hydrogens is 470 g/mol. The summed E-state index contributed by atoms with van der Waals surface area (Å²) < 4.78 is 16.1. The number of fused-ring (bicyclic) bond motifs is 4. The highest BCUT2D eigenvalue weighted by molar-refractivity contribution is 7.26. The topological polar surface area (TPSA) is 60.5 Å². The predicted octanol–water partition coefficient (Wildman–Crippen LogP) is 6.07. The zero-order valence-corrected chi connectivity index (χ0v) is 20.5. The molecule has 7 rings (SSSR count). The molecule has 4 heterocycles. The van der Waals surface area contributed by atoms with Crippen LogP contribution in [-0.4, -0.2) is 36.1 Å². The summed E-state index contributed by atoms with van der Waals surface area (Å²) in [4.78, 5) is 15.2. The first-order valence-electron chi connectivity index (χ1n) is 12.0. The fourth-order valence-electron chi connectivity index (χ4n) is 5.08. The lowest BCUT2D eigenvalue weighted by Gasteiger charge is -2.27. The van der Waals surface area contributed by atoms with Crippen LogP contribution in [0.2, 0.25) is 0 Å². The predicted molar refractivity (Wildman–Crippen MR) is 146 cm³/mol. The van der Waals surface area contributed by atoms with Gasteiger partial charge in [-0.05, 0) is 23.8 Å². The fourth-order valence-corrected chi connectivity index (χ4v) is 6.29. The Labute approximate surface area is 210 Å². The van der Waals surface area contributed by atoms with Crippen molar-refractivity contribution in [3.8, 4) is 22.3 Å². The molecule has 3 aromatic heterocycles. The Morgan fingerprint density at radius 1 is 0.889 bits per heavy atom. The van der Waals surface area contributed by atoms with Crippen LogP contribution in [0.5, 0.6) is 0 Å². The van der Waals surface area contributed by atoms with E-state index in [2.05, 4.69) is 52.5 Å². The summed E-state index contributed by atoms with van der Waals surface area (Å²) in [5.74, 6) is 0.605. The van der Waals surface area contributed by atoms with E-state index in [1.165, 1.54) is 20.2 Å². The summed E-state index contributed by atoms with van der Waals surface area (Å²) in [5.41, 5.74) is 4.86. The second-order valence-electron chi connectivity index (χ2n) is 9.13. The fraction of sp³-hybridized carbons (Fsp3) is 0.172. The number of ether oxygens (including phenoxy) is 1. The third kappa shape index (κ3) is 3.43. The Balaban J connectivity index is 1.43. The van der Waals surface area contributed by atoms with Crippen molar-refractivity contribution in [3.63, 3.8) is 0 Å². The van der Waals surface area contributed by atoms with E-state index in [1.54, 1.807) is 17.4 Å². The molecule has 0 spiro atoms. The molecule has 1 fully saturated rings. The van der Waals surface area contributed by atoms with Gasteiger partial charge in [-0.25, -0.2) is 0 Å². The number of hydrogen-bond donors (Lipinski definition) is 0. The van der Waals surface area contributed by atoms with Crippen LogP contribution in [0.1, 0.15) is 0 Å². The lowest BCUT2D eigenvalue weighted by molar-refractivity contribution is 0.121. The summed E-state index contributed by atoms with van der Waals surface area (Å²) in [6, 6.07) is 20.4. The van der Waals surface area contributed by atoms with E-state index >= 15 is 0 Å². The van der Waals surface area contributed by atoms with Gasteiger partial charge in [0.15, 0.2) is 11.3 Å². The van der Waals surface area contributed by atoms with Gasteiger partial charge in [-0.2, -0.15) is 5.10 Å². The highest BCUT2D eigenvalue weighted by Gasteiger charge is 2.19. The van der Waals surface area contributed by atoms with Gasteiger partial charge < -0.3 is 14.1 Å². The first-order chi connectivity index (χ1) is 17.7. The molecule has 1 aliphatic rings. The molecule has 7 heteroatoms. The first kappa shape index (κ1) is 21.4. The van der Waals surface area contributed by atoms with Gasteiger partial charge in [-0.1, -0.05) is 36.4 Å². The summed E-state index contributed by atoms with van der Waals surface area (Å²) in [6.07, 6.45) is 3.93. The normalized spacial score (nSPS) is 14.3. The number of nitrogens with zero attached hydrogens (tertiary/aromatic N) is 3. The molecule has 0 saturated carbocycles. The summed E-state index contributed by atoms with van der Waals surface area (Å²) in [7, 11) is 1.93. The molecule has 0 N–H and O–H groups in total. The second kappa shape index (κ2) is 8.33. The average molecular weight is 494 g/mol. The minimum absolute atomic E-state index is 0.0239. The number of anilines is 1. The molecule has 6 nitrogen and oxygen atoms in total. The van der Waals surface area contributed by atoms with Crippen LogP contribution in [0.25, 0.3) is 53.4 Å². The van der Waals surface area contributed by atoms with Gasteiger partial charge >= 0.3 is 0 Å². The molecule has 178 valence electrons. The maximum absolute atomic E-state index is 13.1. The lowest BCUT2D eigenvalue weighted by atomic mass is 9.99. The minimum atomic E-state index is -0.0239. The molecule has 1 saturated heterocycles. The molecule has 0 unspecified atom stereocenters. The Bertz CT molecular complexity index is 1830. The Kier molecular flexibility index (Phi) is 4.94. The van der Waals surface area contributed by atoms with Crippen molar-refractivity contribution >= 4 is 48.4 Å². The number of rotatable bonds is 3. The molecule has 0 atom stereocenters. The van der Waals surface area contributed by atoms with Gasteiger partial charge in [0.25, 0.3) is 0 Å². The number of thiophene rings is 1. The maximum Gasteiger partial charge on any atom is 0.200 e. The summed E-state index contributed by atoms with van der Waals surface area (Å²) in [6.45, 7) is 2.68. The van der Waals surface area contributed by atoms with Crippen LogP contribution in [0.15, 0.2) is 82.3 Å². The largest absolute Gasteiger partial charge is 0.440 e. The summed E-state index contributed by atoms with van der Waals surface area (Å²) in [5, 5.41) is 7.34. The number of aromatic nitrogens is 2. The molecule has 0 aliphatic carbocycles. The molecule has 1 aliphatic heterocycles. The van der Waals surface area contributed by atoms with Crippen LogP contribution in [0, 0.1) is 0 Å². The van der Waals surface area contributed by atoms with E-state index in [-0.39, 0.29) is 5.43 Å². The smallest absolute Gasteiger partial charge is 0.200 e. The second-order valence-corrected chi connectivity index (χ2v) is 10.2. The maximum atomic E-state index is 13.1. The molecule has 6 aromatic rings. The van der Waals surface area contributed by atoms with Crippen molar-refractivity contribution < 1.29 is 9.15 Å². The van der Waals surface area contributed by atoms with E-state index in [0.29, 0.717) is 43.2 Å². The van der Waals surface area contributed by atoms with Crippen molar-refractivity contribution in [3.05, 3.63) is 83.3 Å². The third-order valence-corrected chi connectivity index (χ3v) is 8.11. The van der Waals surface area contributed by atoms with Crippen molar-refractivity contribution in [2.75, 3.05) is 31.2 Å². The number of morpholine rings is 1. The van der Waals surface area contributed by atoms with E-state index < -0.39 is 0 Å². The van der Waals surface area contributed by atoms with Gasteiger partial charge in [0, 0.05) is 69.3 Å². The van der Waals surface area contributed by atoms with Crippen LogP contribution in [0.4, 0.5) is 5.88 Å². The van der Waals surface area contributed by atoms with Crippen LogP contribution < -0.4 is 10.3 Å². The highest BCUT2D eigenvalue weighted by Crippen LogP contribution is 2.42. The van der Waals surface area contributed by atoms with Gasteiger partial charge in [0.1, 0.15) is 5.58 Å². The van der Waals surface area contributed by atoms with Gasteiger partial charge in [0.05, 0.1) is 24.8 Å². The number of aryl methyl sites for hydroxylation is 1.